The molecule has 56 valence electrons. The summed E-state index contributed by atoms with van der Waals surface area (Å²) < 4.78 is 0. The zero-order valence-corrected chi connectivity index (χ0v) is 5.93. The lowest BCUT2D eigenvalue weighted by molar-refractivity contribution is 0.0327. The Morgan fingerprint density at radius 1 is 1.56 bits per heavy atom. The summed E-state index contributed by atoms with van der Waals surface area (Å²) in [5.41, 5.74) is 9.64. The lowest BCUT2D eigenvalue weighted by Gasteiger charge is -2.19. The monoisotopic (exact) mass is 132 g/mol. The van der Waals surface area contributed by atoms with Crippen molar-refractivity contribution < 1.29 is 5.11 Å². The minimum absolute atomic E-state index is 0.590. The fraction of sp³-hybridized carbons (Fsp3) is 1.00. The van der Waals surface area contributed by atoms with E-state index in [0.29, 0.717) is 19.4 Å². The molecule has 9 heavy (non-hydrogen) atoms. The second kappa shape index (κ2) is 3.82. The van der Waals surface area contributed by atoms with Crippen molar-refractivity contribution in [3.8, 4) is 0 Å². The van der Waals surface area contributed by atoms with Crippen molar-refractivity contribution in [2.75, 3.05) is 6.54 Å². The summed E-state index contributed by atoms with van der Waals surface area (Å²) in [6, 6.07) is 0. The maximum absolute atomic E-state index is 9.18. The van der Waals surface area contributed by atoms with Gasteiger partial charge in [-0.05, 0) is 25.8 Å². The molecule has 1 atom stereocenters. The number of hydrogen-bond acceptors (Lipinski definition) is 3. The van der Waals surface area contributed by atoms with E-state index in [1.807, 2.05) is 6.92 Å². The fourth-order valence-electron chi connectivity index (χ4n) is 0.585. The smallest absolute Gasteiger partial charge is 0.113 e. The summed E-state index contributed by atoms with van der Waals surface area (Å²) >= 11 is 0. The molecule has 0 aromatic rings. The van der Waals surface area contributed by atoms with Crippen LogP contribution in [-0.4, -0.2) is 17.4 Å². The van der Waals surface area contributed by atoms with Crippen molar-refractivity contribution in [1.29, 1.82) is 0 Å². The highest BCUT2D eigenvalue weighted by molar-refractivity contribution is 4.67. The molecule has 0 aliphatic heterocycles. The van der Waals surface area contributed by atoms with Crippen molar-refractivity contribution >= 4 is 0 Å². The second-order valence-corrected chi connectivity index (χ2v) is 2.35. The van der Waals surface area contributed by atoms with E-state index >= 15 is 0 Å². The van der Waals surface area contributed by atoms with Crippen LogP contribution in [0.1, 0.15) is 26.2 Å². The molecule has 0 saturated carbocycles. The van der Waals surface area contributed by atoms with Gasteiger partial charge in [0.05, 0.1) is 0 Å². The van der Waals surface area contributed by atoms with E-state index in [9.17, 15) is 5.11 Å². The number of nitrogens with two attached hydrogens (primary N) is 2. The van der Waals surface area contributed by atoms with Crippen LogP contribution in [0.2, 0.25) is 0 Å². The molecule has 0 amide bonds. The Bertz CT molecular complexity index is 73.5. The largest absolute Gasteiger partial charge is 0.376 e. The first kappa shape index (κ1) is 8.88. The highest BCUT2D eigenvalue weighted by Gasteiger charge is 2.15. The van der Waals surface area contributed by atoms with E-state index < -0.39 is 5.72 Å². The van der Waals surface area contributed by atoms with Crippen LogP contribution in [0.25, 0.3) is 0 Å². The van der Waals surface area contributed by atoms with Gasteiger partial charge in [0.15, 0.2) is 0 Å². The summed E-state index contributed by atoms with van der Waals surface area (Å²) in [7, 11) is 0. The van der Waals surface area contributed by atoms with E-state index in [1.165, 1.54) is 0 Å². The normalized spacial score (nSPS) is 17.3. The molecule has 0 aliphatic rings. The molecule has 0 fully saturated rings. The predicted molar refractivity (Wildman–Crippen MR) is 37.7 cm³/mol. The van der Waals surface area contributed by atoms with Gasteiger partial charge < -0.3 is 16.6 Å². The van der Waals surface area contributed by atoms with Crippen molar-refractivity contribution in [2.24, 2.45) is 11.5 Å². The molecule has 3 heteroatoms. The van der Waals surface area contributed by atoms with Crippen molar-refractivity contribution in [3.05, 3.63) is 0 Å². The van der Waals surface area contributed by atoms with Gasteiger partial charge in [-0.15, -0.1) is 0 Å². The summed E-state index contributed by atoms with van der Waals surface area (Å²) in [6.45, 7) is 2.45. The topological polar surface area (TPSA) is 72.3 Å². The van der Waals surface area contributed by atoms with Gasteiger partial charge in [0, 0.05) is 0 Å². The molecular formula is C6H16N2O. The summed E-state index contributed by atoms with van der Waals surface area (Å²) in [5, 5.41) is 9.18. The van der Waals surface area contributed by atoms with E-state index in [0.717, 1.165) is 6.42 Å². The number of rotatable bonds is 4. The molecule has 0 aromatic heterocycles. The average molecular weight is 132 g/mol. The van der Waals surface area contributed by atoms with Gasteiger partial charge in [-0.1, -0.05) is 6.92 Å². The molecular weight excluding hydrogens is 116 g/mol. The highest BCUT2D eigenvalue weighted by atomic mass is 16.3. The molecule has 0 rings (SSSR count). The highest BCUT2D eigenvalue weighted by Crippen LogP contribution is 2.08. The van der Waals surface area contributed by atoms with E-state index in [1.54, 1.807) is 0 Å². The van der Waals surface area contributed by atoms with Crippen LogP contribution in [0.3, 0.4) is 0 Å². The predicted octanol–water partition coefficient (Wildman–Crippen LogP) is -0.217. The zero-order valence-electron chi connectivity index (χ0n) is 5.93. The summed E-state index contributed by atoms with van der Waals surface area (Å²) in [5.74, 6) is 0. The van der Waals surface area contributed by atoms with Crippen LogP contribution < -0.4 is 11.5 Å². The first-order chi connectivity index (χ1) is 4.12. The fourth-order valence-corrected chi connectivity index (χ4v) is 0.585. The maximum atomic E-state index is 9.18. The Morgan fingerprint density at radius 3 is 2.44 bits per heavy atom. The lowest BCUT2D eigenvalue weighted by atomic mass is 10.1. The van der Waals surface area contributed by atoms with Crippen LogP contribution in [0.5, 0.6) is 0 Å². The van der Waals surface area contributed by atoms with E-state index in [-0.39, 0.29) is 0 Å². The summed E-state index contributed by atoms with van der Waals surface area (Å²) in [4.78, 5) is 0. The Hall–Kier alpha value is -0.120. The second-order valence-electron chi connectivity index (χ2n) is 2.35. The van der Waals surface area contributed by atoms with Crippen LogP contribution in [0, 0.1) is 0 Å². The van der Waals surface area contributed by atoms with E-state index in [2.05, 4.69) is 0 Å². The van der Waals surface area contributed by atoms with Gasteiger partial charge in [0.25, 0.3) is 0 Å². The van der Waals surface area contributed by atoms with Crippen LogP contribution in [-0.2, 0) is 0 Å². The molecule has 0 radical (unpaired) electrons. The lowest BCUT2D eigenvalue weighted by Crippen LogP contribution is -2.38. The van der Waals surface area contributed by atoms with Crippen molar-refractivity contribution in [1.82, 2.24) is 0 Å². The Kier molecular flexibility index (Phi) is 3.77. The van der Waals surface area contributed by atoms with Gasteiger partial charge in [-0.3, -0.25) is 0 Å². The Labute approximate surface area is 56.0 Å². The van der Waals surface area contributed by atoms with Gasteiger partial charge >= 0.3 is 0 Å². The van der Waals surface area contributed by atoms with Crippen molar-refractivity contribution in [3.63, 3.8) is 0 Å². The third kappa shape index (κ3) is 4.39. The van der Waals surface area contributed by atoms with Crippen molar-refractivity contribution in [2.45, 2.75) is 31.9 Å². The molecule has 1 unspecified atom stereocenters. The average Bonchev–Trinajstić information content (AvgIpc) is 1.84. The molecule has 3 nitrogen and oxygen atoms in total. The van der Waals surface area contributed by atoms with Gasteiger partial charge in [-0.2, -0.15) is 0 Å². The first-order valence-electron chi connectivity index (χ1n) is 3.33. The van der Waals surface area contributed by atoms with Gasteiger partial charge in [0.2, 0.25) is 0 Å². The molecule has 5 N–H and O–H groups in total. The third-order valence-electron chi connectivity index (χ3n) is 1.43. The zero-order chi connectivity index (χ0) is 7.33. The Morgan fingerprint density at radius 2 is 2.11 bits per heavy atom. The SMILES string of the molecule is CCC(N)(O)CCCN. The summed E-state index contributed by atoms with van der Waals surface area (Å²) in [6.07, 6.45) is 1.98. The quantitative estimate of drug-likeness (QED) is 0.463. The standard InChI is InChI=1S/C6H16N2O/c1-2-6(8,9)4-3-5-7/h9H,2-5,7-8H2,1H3. The molecule has 0 spiro atoms. The molecule has 0 aromatic carbocycles. The number of hydrogen-bond donors (Lipinski definition) is 3. The molecule has 0 heterocycles. The maximum Gasteiger partial charge on any atom is 0.113 e. The van der Waals surface area contributed by atoms with Crippen LogP contribution in [0.4, 0.5) is 0 Å². The number of aliphatic hydroxyl groups is 1. The van der Waals surface area contributed by atoms with E-state index in [4.69, 9.17) is 11.5 Å². The Balaban J connectivity index is 3.33. The minimum atomic E-state index is -0.987. The molecule has 0 aliphatic carbocycles. The first-order valence-corrected chi connectivity index (χ1v) is 3.33. The van der Waals surface area contributed by atoms with Crippen LogP contribution in [0.15, 0.2) is 0 Å². The third-order valence-corrected chi connectivity index (χ3v) is 1.43. The molecule has 0 saturated heterocycles. The van der Waals surface area contributed by atoms with Gasteiger partial charge in [0.1, 0.15) is 5.72 Å². The van der Waals surface area contributed by atoms with Gasteiger partial charge in [-0.25, -0.2) is 0 Å². The van der Waals surface area contributed by atoms with Crippen LogP contribution >= 0.6 is 0 Å². The molecule has 0 bridgehead atoms. The minimum Gasteiger partial charge on any atom is -0.376 e.